The normalized spacial score (nSPS) is 31.3. The molecule has 2 nitrogen and oxygen atoms in total. The molecule has 2 fully saturated rings. The molecule has 0 saturated heterocycles. The van der Waals surface area contributed by atoms with Crippen LogP contribution < -0.4 is 0 Å². The molecule has 0 aromatic rings. The number of hydrogen-bond acceptors (Lipinski definition) is 1. The maximum atomic E-state index is 11.9. The molecule has 15 heavy (non-hydrogen) atoms. The molecular formula is C13H23NO. The van der Waals surface area contributed by atoms with Crippen molar-refractivity contribution in [2.75, 3.05) is 13.6 Å². The highest BCUT2D eigenvalue weighted by atomic mass is 16.2. The van der Waals surface area contributed by atoms with Gasteiger partial charge in [-0.3, -0.25) is 4.79 Å². The SMILES string of the molecule is C[C@@H]1C[C@H]1C(=O)N(C)CC1CCCCC1. The minimum absolute atomic E-state index is 0.360. The van der Waals surface area contributed by atoms with E-state index in [0.29, 0.717) is 17.7 Å². The van der Waals surface area contributed by atoms with Crippen LogP contribution in [0.5, 0.6) is 0 Å². The minimum atomic E-state index is 0.360. The van der Waals surface area contributed by atoms with Crippen LogP contribution in [0.15, 0.2) is 0 Å². The highest BCUT2D eigenvalue weighted by Gasteiger charge is 2.40. The Kier molecular flexibility index (Phi) is 3.32. The van der Waals surface area contributed by atoms with E-state index in [1.807, 2.05) is 11.9 Å². The third-order valence-electron chi connectivity index (χ3n) is 4.06. The summed E-state index contributed by atoms with van der Waals surface area (Å²) in [7, 11) is 1.99. The van der Waals surface area contributed by atoms with Crippen molar-refractivity contribution < 1.29 is 4.79 Å². The Morgan fingerprint density at radius 3 is 2.40 bits per heavy atom. The third kappa shape index (κ3) is 2.73. The lowest BCUT2D eigenvalue weighted by Crippen LogP contribution is -2.33. The molecule has 1 amide bonds. The lowest BCUT2D eigenvalue weighted by atomic mass is 9.89. The summed E-state index contributed by atoms with van der Waals surface area (Å²) in [5.74, 6) is 2.18. The first-order valence-electron chi connectivity index (χ1n) is 6.43. The number of rotatable bonds is 3. The minimum Gasteiger partial charge on any atom is -0.345 e. The smallest absolute Gasteiger partial charge is 0.225 e. The van der Waals surface area contributed by atoms with Crippen LogP contribution in [-0.2, 0) is 4.79 Å². The number of carbonyl (C=O) groups excluding carboxylic acids is 1. The summed E-state index contributed by atoms with van der Waals surface area (Å²) in [6, 6.07) is 0. The lowest BCUT2D eigenvalue weighted by Gasteiger charge is -2.27. The molecule has 0 N–H and O–H groups in total. The number of carbonyl (C=O) groups is 1. The van der Waals surface area contributed by atoms with E-state index in [4.69, 9.17) is 0 Å². The van der Waals surface area contributed by atoms with Crippen molar-refractivity contribution in [3.8, 4) is 0 Å². The van der Waals surface area contributed by atoms with E-state index in [1.165, 1.54) is 32.1 Å². The predicted molar refractivity (Wildman–Crippen MR) is 61.5 cm³/mol. The zero-order chi connectivity index (χ0) is 10.8. The van der Waals surface area contributed by atoms with Crippen LogP contribution >= 0.6 is 0 Å². The van der Waals surface area contributed by atoms with Gasteiger partial charge in [-0.1, -0.05) is 26.2 Å². The van der Waals surface area contributed by atoms with Gasteiger partial charge in [0.1, 0.15) is 0 Å². The average Bonchev–Trinajstić information content (AvgIpc) is 2.96. The Morgan fingerprint density at radius 1 is 1.27 bits per heavy atom. The Labute approximate surface area is 93.0 Å². The molecule has 0 bridgehead atoms. The van der Waals surface area contributed by atoms with E-state index >= 15 is 0 Å². The van der Waals surface area contributed by atoms with Gasteiger partial charge in [-0.15, -0.1) is 0 Å². The van der Waals surface area contributed by atoms with Gasteiger partial charge in [0, 0.05) is 19.5 Å². The first kappa shape index (κ1) is 11.0. The van der Waals surface area contributed by atoms with Crippen molar-refractivity contribution in [1.82, 2.24) is 4.90 Å². The van der Waals surface area contributed by atoms with Crippen LogP contribution in [0.25, 0.3) is 0 Å². The van der Waals surface area contributed by atoms with Crippen LogP contribution in [0.2, 0.25) is 0 Å². The van der Waals surface area contributed by atoms with Crippen molar-refractivity contribution in [2.24, 2.45) is 17.8 Å². The Hall–Kier alpha value is -0.530. The first-order chi connectivity index (χ1) is 7.18. The molecule has 86 valence electrons. The molecular weight excluding hydrogens is 186 g/mol. The van der Waals surface area contributed by atoms with Crippen LogP contribution in [-0.4, -0.2) is 24.4 Å². The van der Waals surface area contributed by atoms with E-state index in [-0.39, 0.29) is 0 Å². The van der Waals surface area contributed by atoms with E-state index in [1.54, 1.807) is 0 Å². The molecule has 0 aromatic heterocycles. The molecule has 0 aromatic carbocycles. The number of nitrogens with zero attached hydrogens (tertiary/aromatic N) is 1. The predicted octanol–water partition coefficient (Wildman–Crippen LogP) is 2.68. The Morgan fingerprint density at radius 2 is 1.87 bits per heavy atom. The lowest BCUT2D eigenvalue weighted by molar-refractivity contribution is -0.132. The van der Waals surface area contributed by atoms with Crippen LogP contribution in [0.3, 0.4) is 0 Å². The molecule has 0 heterocycles. The number of hydrogen-bond donors (Lipinski definition) is 0. The molecule has 0 spiro atoms. The fraction of sp³-hybridized carbons (Fsp3) is 0.923. The second-order valence-electron chi connectivity index (χ2n) is 5.54. The maximum Gasteiger partial charge on any atom is 0.225 e. The van der Waals surface area contributed by atoms with Gasteiger partial charge in [0.05, 0.1) is 0 Å². The molecule has 2 rings (SSSR count). The monoisotopic (exact) mass is 209 g/mol. The molecule has 0 unspecified atom stereocenters. The van der Waals surface area contributed by atoms with E-state index in [2.05, 4.69) is 6.92 Å². The van der Waals surface area contributed by atoms with Crippen molar-refractivity contribution >= 4 is 5.91 Å². The summed E-state index contributed by atoms with van der Waals surface area (Å²) in [6.07, 6.45) is 7.91. The fourth-order valence-electron chi connectivity index (χ4n) is 2.80. The van der Waals surface area contributed by atoms with Gasteiger partial charge in [0.15, 0.2) is 0 Å². The van der Waals surface area contributed by atoms with Crippen molar-refractivity contribution in [3.63, 3.8) is 0 Å². The van der Waals surface area contributed by atoms with Crippen LogP contribution in [0.4, 0.5) is 0 Å². The summed E-state index contributed by atoms with van der Waals surface area (Å²) in [4.78, 5) is 13.9. The van der Waals surface area contributed by atoms with E-state index < -0.39 is 0 Å². The second-order valence-corrected chi connectivity index (χ2v) is 5.54. The third-order valence-corrected chi connectivity index (χ3v) is 4.06. The highest BCUT2D eigenvalue weighted by Crippen LogP contribution is 2.39. The van der Waals surface area contributed by atoms with Crippen molar-refractivity contribution in [1.29, 1.82) is 0 Å². The summed E-state index contributed by atoms with van der Waals surface area (Å²) in [5, 5.41) is 0. The molecule has 2 aliphatic carbocycles. The van der Waals surface area contributed by atoms with Gasteiger partial charge in [-0.25, -0.2) is 0 Å². The molecule has 2 atom stereocenters. The van der Waals surface area contributed by atoms with E-state index in [0.717, 1.165) is 18.9 Å². The first-order valence-corrected chi connectivity index (χ1v) is 6.43. The van der Waals surface area contributed by atoms with Gasteiger partial charge < -0.3 is 4.90 Å². The van der Waals surface area contributed by atoms with Gasteiger partial charge in [-0.05, 0) is 31.1 Å². The molecule has 2 heteroatoms. The summed E-state index contributed by atoms with van der Waals surface area (Å²) in [6.45, 7) is 3.18. The molecule has 2 saturated carbocycles. The zero-order valence-electron chi connectivity index (χ0n) is 10.0. The van der Waals surface area contributed by atoms with Crippen molar-refractivity contribution in [3.05, 3.63) is 0 Å². The van der Waals surface area contributed by atoms with Gasteiger partial charge in [-0.2, -0.15) is 0 Å². The summed E-state index contributed by atoms with van der Waals surface area (Å²) < 4.78 is 0. The number of amides is 1. The average molecular weight is 209 g/mol. The highest BCUT2D eigenvalue weighted by molar-refractivity contribution is 5.81. The summed E-state index contributed by atoms with van der Waals surface area (Å²) >= 11 is 0. The second kappa shape index (κ2) is 4.54. The van der Waals surface area contributed by atoms with Gasteiger partial charge >= 0.3 is 0 Å². The maximum absolute atomic E-state index is 11.9. The quantitative estimate of drug-likeness (QED) is 0.700. The Balaban J connectivity index is 1.75. The zero-order valence-corrected chi connectivity index (χ0v) is 10.0. The molecule has 0 aliphatic heterocycles. The summed E-state index contributed by atoms with van der Waals surface area (Å²) in [5.41, 5.74) is 0. The standard InChI is InChI=1S/C13H23NO/c1-10-8-12(10)13(15)14(2)9-11-6-4-3-5-7-11/h10-12H,3-9H2,1-2H3/t10-,12-/m1/s1. The topological polar surface area (TPSA) is 20.3 Å². The van der Waals surface area contributed by atoms with E-state index in [9.17, 15) is 4.79 Å². The van der Waals surface area contributed by atoms with Crippen molar-refractivity contribution in [2.45, 2.75) is 45.4 Å². The molecule has 0 radical (unpaired) electrons. The fourth-order valence-corrected chi connectivity index (χ4v) is 2.80. The van der Waals surface area contributed by atoms with Crippen LogP contribution in [0, 0.1) is 17.8 Å². The Bertz CT molecular complexity index is 233. The molecule has 2 aliphatic rings. The van der Waals surface area contributed by atoms with Gasteiger partial charge in [0.2, 0.25) is 5.91 Å². The van der Waals surface area contributed by atoms with Crippen LogP contribution in [0.1, 0.15) is 45.4 Å². The van der Waals surface area contributed by atoms with Gasteiger partial charge in [0.25, 0.3) is 0 Å². The largest absolute Gasteiger partial charge is 0.345 e.